The number of halogens is 2. The first kappa shape index (κ1) is 17.5. The highest BCUT2D eigenvalue weighted by Gasteiger charge is 2.31. The number of rotatable bonds is 3. The quantitative estimate of drug-likeness (QED) is 0.689. The number of hydrogen-bond donors (Lipinski definition) is 2. The number of benzene rings is 1. The largest absolute Gasteiger partial charge is 0.448 e. The van der Waals surface area contributed by atoms with Crippen molar-refractivity contribution in [2.24, 2.45) is 0 Å². The summed E-state index contributed by atoms with van der Waals surface area (Å²) in [6.45, 7) is 0.554. The van der Waals surface area contributed by atoms with Gasteiger partial charge in [-0.05, 0) is 24.6 Å². The maximum Gasteiger partial charge on any atom is 0.291 e. The van der Waals surface area contributed by atoms with Crippen LogP contribution in [0.4, 0.5) is 20.2 Å². The van der Waals surface area contributed by atoms with Gasteiger partial charge in [0.1, 0.15) is 30.8 Å². The highest BCUT2D eigenvalue weighted by atomic mass is 19.1. The van der Waals surface area contributed by atoms with Crippen LogP contribution in [0.2, 0.25) is 0 Å². The fraction of sp³-hybridized carbons (Fsp3) is 0.222. The summed E-state index contributed by atoms with van der Waals surface area (Å²) in [5, 5.41) is 12.9. The molecule has 0 saturated carbocycles. The van der Waals surface area contributed by atoms with Gasteiger partial charge in [-0.25, -0.2) is 8.78 Å². The molecule has 3 heterocycles. The molecule has 0 spiro atoms. The first-order valence-electron chi connectivity index (χ1n) is 8.29. The second-order valence-electron chi connectivity index (χ2n) is 6.35. The smallest absolute Gasteiger partial charge is 0.291 e. The lowest BCUT2D eigenvalue weighted by atomic mass is 9.95. The van der Waals surface area contributed by atoms with E-state index in [0.29, 0.717) is 23.9 Å². The molecule has 6 nitrogen and oxygen atoms in total. The highest BCUT2D eigenvalue weighted by molar-refractivity contribution is 6.32. The minimum atomic E-state index is -0.791. The van der Waals surface area contributed by atoms with E-state index in [4.69, 9.17) is 12.3 Å². The van der Waals surface area contributed by atoms with E-state index in [1.165, 1.54) is 17.3 Å². The maximum absolute atomic E-state index is 14.2. The van der Waals surface area contributed by atoms with Crippen LogP contribution < -0.4 is 10.8 Å². The number of aliphatic hydroxyl groups is 1. The van der Waals surface area contributed by atoms with Gasteiger partial charge in [0.15, 0.2) is 0 Å². The van der Waals surface area contributed by atoms with Crippen LogP contribution in [0.5, 0.6) is 0 Å². The van der Waals surface area contributed by atoms with Crippen molar-refractivity contribution >= 4 is 41.6 Å². The Balaban J connectivity index is 1.79. The van der Waals surface area contributed by atoms with Crippen LogP contribution >= 0.6 is 0 Å². The standard InChI is InChI=1S/C18H14BF2N3O3/c19-11-5-13(21)14(6-12(11)20)23-16-10-7-22-3-1-15(10)27-17(16)18(26)24-4-2-9(25)8-24/h1,3,5-7,9,23,25H,2,4,8H2/t9-/m1/s1. The van der Waals surface area contributed by atoms with Gasteiger partial charge in [-0.15, -0.1) is 0 Å². The summed E-state index contributed by atoms with van der Waals surface area (Å²) >= 11 is 0. The van der Waals surface area contributed by atoms with Crippen molar-refractivity contribution in [3.8, 4) is 0 Å². The van der Waals surface area contributed by atoms with Crippen molar-refractivity contribution in [3.05, 3.63) is 48.0 Å². The molecule has 2 aromatic heterocycles. The number of nitrogens with one attached hydrogen (secondary N) is 1. The number of β-amino-alcohol motifs (C(OH)–C–C–N with tert-alkyl or cyclic N) is 1. The Morgan fingerprint density at radius 3 is 2.93 bits per heavy atom. The van der Waals surface area contributed by atoms with E-state index in [1.54, 1.807) is 6.07 Å². The minimum Gasteiger partial charge on any atom is -0.448 e. The van der Waals surface area contributed by atoms with Crippen molar-refractivity contribution in [1.82, 2.24) is 9.88 Å². The van der Waals surface area contributed by atoms with Crippen molar-refractivity contribution < 1.29 is 23.1 Å². The number of carbonyl (C=O) groups is 1. The van der Waals surface area contributed by atoms with E-state index in [2.05, 4.69) is 10.3 Å². The van der Waals surface area contributed by atoms with Crippen LogP contribution in [0.15, 0.2) is 35.0 Å². The number of pyridine rings is 1. The summed E-state index contributed by atoms with van der Waals surface area (Å²) in [5.74, 6) is -2.09. The summed E-state index contributed by atoms with van der Waals surface area (Å²) in [7, 11) is 5.37. The van der Waals surface area contributed by atoms with E-state index in [0.717, 1.165) is 12.1 Å². The van der Waals surface area contributed by atoms with Crippen LogP contribution in [0.1, 0.15) is 17.0 Å². The molecule has 2 N–H and O–H groups in total. The van der Waals surface area contributed by atoms with Gasteiger partial charge in [-0.2, -0.15) is 0 Å². The number of anilines is 2. The molecule has 1 fully saturated rings. The van der Waals surface area contributed by atoms with Crippen LogP contribution in [-0.4, -0.2) is 47.9 Å². The van der Waals surface area contributed by atoms with E-state index in [1.807, 2.05) is 0 Å². The molecule has 1 atom stereocenters. The van der Waals surface area contributed by atoms with Gasteiger partial charge < -0.3 is 19.7 Å². The van der Waals surface area contributed by atoms with Gasteiger partial charge in [0.05, 0.1) is 17.2 Å². The SMILES string of the molecule is [B]c1cc(F)c(Nc2c(C(=O)N3CC[C@@H](O)C3)oc3ccncc23)cc1F. The number of nitrogens with zero attached hydrogens (tertiary/aromatic N) is 2. The van der Waals surface area contributed by atoms with Crippen LogP contribution in [0.3, 0.4) is 0 Å². The second-order valence-corrected chi connectivity index (χ2v) is 6.35. The topological polar surface area (TPSA) is 78.6 Å². The predicted octanol–water partition coefficient (Wildman–Crippen LogP) is 1.85. The number of furan rings is 1. The monoisotopic (exact) mass is 369 g/mol. The molecule has 9 heteroatoms. The maximum atomic E-state index is 14.2. The van der Waals surface area contributed by atoms with Crippen molar-refractivity contribution in [2.75, 3.05) is 18.4 Å². The molecule has 1 amide bonds. The Morgan fingerprint density at radius 1 is 1.37 bits per heavy atom. The van der Waals surface area contributed by atoms with Gasteiger partial charge in [0.2, 0.25) is 5.76 Å². The van der Waals surface area contributed by atoms with E-state index < -0.39 is 23.6 Å². The zero-order chi connectivity index (χ0) is 19.1. The third-order valence-corrected chi connectivity index (χ3v) is 4.48. The highest BCUT2D eigenvalue weighted by Crippen LogP contribution is 2.34. The third-order valence-electron chi connectivity index (χ3n) is 4.48. The van der Waals surface area contributed by atoms with E-state index >= 15 is 0 Å². The van der Waals surface area contributed by atoms with Crippen molar-refractivity contribution in [1.29, 1.82) is 0 Å². The summed E-state index contributed by atoms with van der Waals surface area (Å²) in [5.41, 5.74) is 0.0300. The number of hydrogen-bond acceptors (Lipinski definition) is 5. The lowest BCUT2D eigenvalue weighted by Gasteiger charge is -2.15. The van der Waals surface area contributed by atoms with Gasteiger partial charge in [-0.3, -0.25) is 9.78 Å². The Morgan fingerprint density at radius 2 is 2.19 bits per heavy atom. The second kappa shape index (κ2) is 6.66. The Bertz CT molecular complexity index is 1040. The molecule has 1 aliphatic rings. The van der Waals surface area contributed by atoms with E-state index in [9.17, 15) is 18.7 Å². The van der Waals surface area contributed by atoms with Gasteiger partial charge in [0.25, 0.3) is 5.91 Å². The Kier molecular flexibility index (Phi) is 4.31. The van der Waals surface area contributed by atoms with Crippen molar-refractivity contribution in [3.63, 3.8) is 0 Å². The normalized spacial score (nSPS) is 16.9. The van der Waals surface area contributed by atoms with Gasteiger partial charge in [-0.1, -0.05) is 5.46 Å². The predicted molar refractivity (Wildman–Crippen MR) is 95.6 cm³/mol. The molecule has 0 unspecified atom stereocenters. The lowest BCUT2D eigenvalue weighted by molar-refractivity contribution is 0.0737. The summed E-state index contributed by atoms with van der Waals surface area (Å²) in [6.07, 6.45) is 2.82. The molecule has 1 aliphatic heterocycles. The summed E-state index contributed by atoms with van der Waals surface area (Å²) < 4.78 is 33.7. The van der Waals surface area contributed by atoms with Crippen molar-refractivity contribution in [2.45, 2.75) is 12.5 Å². The molecule has 27 heavy (non-hydrogen) atoms. The zero-order valence-electron chi connectivity index (χ0n) is 14.1. The molecule has 1 aromatic carbocycles. The Hall–Kier alpha value is -2.94. The van der Waals surface area contributed by atoms with Gasteiger partial charge in [0, 0.05) is 25.5 Å². The molecule has 136 valence electrons. The molecular weight excluding hydrogens is 355 g/mol. The molecule has 4 rings (SSSR count). The molecule has 1 saturated heterocycles. The minimum absolute atomic E-state index is 0.0660. The fourth-order valence-electron chi connectivity index (χ4n) is 3.08. The average Bonchev–Trinajstić information content (AvgIpc) is 3.23. The van der Waals surface area contributed by atoms with Crippen LogP contribution in [0.25, 0.3) is 11.0 Å². The molecule has 2 radical (unpaired) electrons. The Labute approximate surface area is 154 Å². The zero-order valence-corrected chi connectivity index (χ0v) is 14.1. The number of likely N-dealkylation sites (tertiary alicyclic amines) is 1. The molecular formula is C18H14BF2N3O3. The molecule has 0 aliphatic carbocycles. The number of aliphatic hydroxyl groups excluding tert-OH is 1. The number of carbonyl (C=O) groups excluding carboxylic acids is 1. The number of amides is 1. The number of fused-ring (bicyclic) bond motifs is 1. The van der Waals surface area contributed by atoms with Gasteiger partial charge >= 0.3 is 0 Å². The fourth-order valence-corrected chi connectivity index (χ4v) is 3.08. The van der Waals surface area contributed by atoms with E-state index in [-0.39, 0.29) is 29.1 Å². The summed E-state index contributed by atoms with van der Waals surface area (Å²) in [4.78, 5) is 18.3. The van der Waals surface area contributed by atoms with Crippen LogP contribution in [-0.2, 0) is 0 Å². The molecule has 0 bridgehead atoms. The first-order valence-corrected chi connectivity index (χ1v) is 8.29. The summed E-state index contributed by atoms with van der Waals surface area (Å²) in [6, 6.07) is 3.33. The first-order chi connectivity index (χ1) is 12.9. The molecule has 3 aromatic rings. The number of aromatic nitrogens is 1. The third kappa shape index (κ3) is 3.14. The van der Waals surface area contributed by atoms with Crippen LogP contribution in [0, 0.1) is 11.6 Å². The average molecular weight is 369 g/mol. The lowest BCUT2D eigenvalue weighted by Crippen LogP contribution is -2.29.